The summed E-state index contributed by atoms with van der Waals surface area (Å²) in [6.45, 7) is 20.3. The SMILES string of the molecule is COC(=O)/C=C/[C@H](C)[C@@H](O)[C@H](C)[C@@H](O[Si](C)(C)C(C)(C)C)/C(C)=C/[C@H](C)COCc1ccc(OC)cc1. The van der Waals surface area contributed by atoms with Gasteiger partial charge in [-0.2, -0.15) is 0 Å². The van der Waals surface area contributed by atoms with Crippen molar-refractivity contribution in [3.8, 4) is 5.75 Å². The highest BCUT2D eigenvalue weighted by Gasteiger charge is 2.42. The normalized spacial score (nSPS) is 17.2. The molecule has 0 amide bonds. The van der Waals surface area contributed by atoms with Crippen LogP contribution in [0, 0.1) is 17.8 Å². The van der Waals surface area contributed by atoms with Crippen molar-refractivity contribution in [2.45, 2.75) is 85.4 Å². The fourth-order valence-corrected chi connectivity index (χ4v) is 5.24. The van der Waals surface area contributed by atoms with Gasteiger partial charge in [0.25, 0.3) is 0 Å². The van der Waals surface area contributed by atoms with Crippen molar-refractivity contribution in [1.82, 2.24) is 0 Å². The Labute approximate surface area is 226 Å². The lowest BCUT2D eigenvalue weighted by atomic mass is 9.85. The zero-order valence-corrected chi connectivity index (χ0v) is 25.8. The van der Waals surface area contributed by atoms with Gasteiger partial charge >= 0.3 is 5.97 Å². The summed E-state index contributed by atoms with van der Waals surface area (Å²) in [6, 6.07) is 7.88. The molecule has 0 aliphatic carbocycles. The van der Waals surface area contributed by atoms with Gasteiger partial charge in [-0.15, -0.1) is 0 Å². The lowest BCUT2D eigenvalue weighted by molar-refractivity contribution is -0.134. The number of hydrogen-bond donors (Lipinski definition) is 1. The molecule has 210 valence electrons. The zero-order chi connectivity index (χ0) is 28.4. The first-order valence-electron chi connectivity index (χ1n) is 13.1. The fraction of sp³-hybridized carbons (Fsp3) is 0.633. The Bertz CT molecular complexity index is 884. The molecule has 1 aromatic carbocycles. The van der Waals surface area contributed by atoms with Crippen molar-refractivity contribution in [3.63, 3.8) is 0 Å². The second kappa shape index (κ2) is 14.9. The fourth-order valence-electron chi connectivity index (χ4n) is 3.86. The molecule has 1 N–H and O–H groups in total. The molecule has 0 aromatic heterocycles. The average Bonchev–Trinajstić information content (AvgIpc) is 2.84. The molecule has 0 spiro atoms. The summed E-state index contributed by atoms with van der Waals surface area (Å²) in [6.07, 6.45) is 4.32. The third-order valence-corrected chi connectivity index (χ3v) is 11.8. The second-order valence-electron chi connectivity index (χ2n) is 11.6. The van der Waals surface area contributed by atoms with Gasteiger partial charge in [-0.1, -0.05) is 65.8 Å². The number of aliphatic hydroxyl groups excluding tert-OH is 1. The minimum absolute atomic E-state index is 0.0275. The molecule has 0 saturated carbocycles. The highest BCUT2D eigenvalue weighted by atomic mass is 28.4. The summed E-state index contributed by atoms with van der Waals surface area (Å²) in [4.78, 5) is 11.5. The molecule has 37 heavy (non-hydrogen) atoms. The van der Waals surface area contributed by atoms with Gasteiger partial charge in [-0.05, 0) is 54.2 Å². The van der Waals surface area contributed by atoms with E-state index in [4.69, 9.17) is 18.6 Å². The predicted octanol–water partition coefficient (Wildman–Crippen LogP) is 6.55. The molecule has 6 nitrogen and oxygen atoms in total. The molecule has 0 bridgehead atoms. The first kappa shape index (κ1) is 33.1. The Balaban J connectivity index is 3.02. The van der Waals surface area contributed by atoms with Gasteiger partial charge < -0.3 is 23.7 Å². The Morgan fingerprint density at radius 3 is 2.19 bits per heavy atom. The van der Waals surface area contributed by atoms with Gasteiger partial charge in [0, 0.05) is 17.9 Å². The molecule has 0 aliphatic heterocycles. The first-order chi connectivity index (χ1) is 17.1. The molecular formula is C30H50O6Si. The highest BCUT2D eigenvalue weighted by Crippen LogP contribution is 2.40. The quantitative estimate of drug-likeness (QED) is 0.126. The highest BCUT2D eigenvalue weighted by molar-refractivity contribution is 6.74. The van der Waals surface area contributed by atoms with Crippen LogP contribution in [0.1, 0.15) is 54.0 Å². The minimum Gasteiger partial charge on any atom is -0.497 e. The third kappa shape index (κ3) is 10.8. The van der Waals surface area contributed by atoms with Crippen molar-refractivity contribution < 1.29 is 28.5 Å². The van der Waals surface area contributed by atoms with Crippen molar-refractivity contribution in [3.05, 3.63) is 53.6 Å². The van der Waals surface area contributed by atoms with Crippen LogP contribution in [0.15, 0.2) is 48.1 Å². The number of rotatable bonds is 14. The van der Waals surface area contributed by atoms with E-state index in [0.29, 0.717) is 13.2 Å². The van der Waals surface area contributed by atoms with Gasteiger partial charge in [0.1, 0.15) is 5.75 Å². The van der Waals surface area contributed by atoms with Gasteiger partial charge in [-0.25, -0.2) is 4.79 Å². The monoisotopic (exact) mass is 534 g/mol. The molecule has 1 rings (SSSR count). The van der Waals surface area contributed by atoms with Crippen LogP contribution in [0.5, 0.6) is 5.75 Å². The first-order valence-corrected chi connectivity index (χ1v) is 16.0. The van der Waals surface area contributed by atoms with E-state index in [9.17, 15) is 9.90 Å². The largest absolute Gasteiger partial charge is 0.497 e. The maximum atomic E-state index is 11.5. The minimum atomic E-state index is -2.13. The van der Waals surface area contributed by atoms with Crippen LogP contribution in [-0.2, 0) is 25.3 Å². The van der Waals surface area contributed by atoms with Crippen molar-refractivity contribution in [1.29, 1.82) is 0 Å². The van der Waals surface area contributed by atoms with E-state index >= 15 is 0 Å². The Hall–Kier alpha value is -1.93. The molecule has 5 atom stereocenters. The van der Waals surface area contributed by atoms with Crippen LogP contribution in [-0.4, -0.2) is 52.4 Å². The van der Waals surface area contributed by atoms with Crippen LogP contribution in [0.2, 0.25) is 18.1 Å². The standard InChI is InChI=1S/C30H50O6Si/c1-21(19-35-20-25-13-15-26(33-8)16-14-25)18-23(3)29(36-37(10,11)30(5,6)7)24(4)28(32)22(2)12-17-27(31)34-9/h12-18,21-22,24,28-29,32H,19-20H2,1-11H3/b17-12+,23-18+/t21-,22-,24-,28+,29-/m0/s1. The molecule has 0 fully saturated rings. The van der Waals surface area contributed by atoms with Crippen molar-refractivity contribution >= 4 is 14.3 Å². The number of aliphatic hydroxyl groups is 1. The molecule has 0 unspecified atom stereocenters. The van der Waals surface area contributed by atoms with Gasteiger partial charge in [-0.3, -0.25) is 0 Å². The van der Waals surface area contributed by atoms with Crippen LogP contribution >= 0.6 is 0 Å². The maximum Gasteiger partial charge on any atom is 0.330 e. The van der Waals surface area contributed by atoms with Gasteiger partial charge in [0.05, 0.1) is 39.6 Å². The van der Waals surface area contributed by atoms with Crippen LogP contribution in [0.25, 0.3) is 0 Å². The molecule has 1 aromatic rings. The number of ether oxygens (including phenoxy) is 3. The van der Waals surface area contributed by atoms with Crippen LogP contribution < -0.4 is 4.74 Å². The van der Waals surface area contributed by atoms with Crippen LogP contribution in [0.4, 0.5) is 0 Å². The number of benzene rings is 1. The molecule has 0 heterocycles. The van der Waals surface area contributed by atoms with Crippen molar-refractivity contribution in [2.75, 3.05) is 20.8 Å². The van der Waals surface area contributed by atoms with E-state index in [2.05, 4.69) is 53.8 Å². The molecule has 7 heteroatoms. The zero-order valence-electron chi connectivity index (χ0n) is 24.8. The summed E-state index contributed by atoms with van der Waals surface area (Å²) in [5, 5.41) is 11.2. The summed E-state index contributed by atoms with van der Waals surface area (Å²) in [5.74, 6) is 0.146. The summed E-state index contributed by atoms with van der Waals surface area (Å²) in [7, 11) is 0.869. The number of methoxy groups -OCH3 is 2. The van der Waals surface area contributed by atoms with E-state index in [1.54, 1.807) is 13.2 Å². The third-order valence-electron chi connectivity index (χ3n) is 7.32. The number of hydrogen-bond acceptors (Lipinski definition) is 6. The summed E-state index contributed by atoms with van der Waals surface area (Å²) < 4.78 is 22.8. The van der Waals surface area contributed by atoms with Gasteiger partial charge in [0.2, 0.25) is 0 Å². The second-order valence-corrected chi connectivity index (χ2v) is 16.4. The molecular weight excluding hydrogens is 484 g/mol. The molecule has 0 radical (unpaired) electrons. The number of esters is 1. The predicted molar refractivity (Wildman–Crippen MR) is 153 cm³/mol. The molecule has 0 saturated heterocycles. The summed E-state index contributed by atoms with van der Waals surface area (Å²) in [5.41, 5.74) is 2.18. The van der Waals surface area contributed by atoms with Gasteiger partial charge in [0.15, 0.2) is 8.32 Å². The van der Waals surface area contributed by atoms with Crippen LogP contribution in [0.3, 0.4) is 0 Å². The number of carbonyl (C=O) groups excluding carboxylic acids is 1. The topological polar surface area (TPSA) is 74.2 Å². The Morgan fingerprint density at radius 2 is 1.68 bits per heavy atom. The lowest BCUT2D eigenvalue weighted by Gasteiger charge is -2.42. The van der Waals surface area contributed by atoms with E-state index < -0.39 is 20.4 Å². The smallest absolute Gasteiger partial charge is 0.330 e. The Morgan fingerprint density at radius 1 is 1.08 bits per heavy atom. The van der Waals surface area contributed by atoms with E-state index in [1.165, 1.54) is 13.2 Å². The van der Waals surface area contributed by atoms with Crippen molar-refractivity contribution in [2.24, 2.45) is 17.8 Å². The van der Waals surface area contributed by atoms with E-state index in [1.807, 2.05) is 38.1 Å². The summed E-state index contributed by atoms with van der Waals surface area (Å²) >= 11 is 0. The Kier molecular flexibility index (Phi) is 13.3. The average molecular weight is 535 g/mol. The van der Waals surface area contributed by atoms with E-state index in [-0.39, 0.29) is 28.9 Å². The number of carbonyl (C=O) groups is 1. The lowest BCUT2D eigenvalue weighted by Crippen LogP contribution is -2.48. The maximum absolute atomic E-state index is 11.5. The van der Waals surface area contributed by atoms with E-state index in [0.717, 1.165) is 16.9 Å². The molecule has 0 aliphatic rings.